The van der Waals surface area contributed by atoms with E-state index < -0.39 is 6.04 Å². The maximum absolute atomic E-state index is 13.3. The molecule has 1 N–H and O–H groups in total. The van der Waals surface area contributed by atoms with Crippen LogP contribution >= 0.6 is 11.6 Å². The third-order valence-electron chi connectivity index (χ3n) is 5.30. The van der Waals surface area contributed by atoms with Gasteiger partial charge in [-0.2, -0.15) is 0 Å². The highest BCUT2D eigenvalue weighted by atomic mass is 35.5. The Hall–Kier alpha value is -3.05. The number of halogens is 1. The molecule has 0 aromatic heterocycles. The Morgan fingerprint density at radius 2 is 1.72 bits per heavy atom. The summed E-state index contributed by atoms with van der Waals surface area (Å²) < 4.78 is 5.93. The van der Waals surface area contributed by atoms with E-state index in [9.17, 15) is 9.59 Å². The standard InChI is InChI=1S/C26H29ClN2O3/c1-3-16-28-26(31)23(4-2)29(17-19-12-14-21(27)15-13-19)25(30)18-32-24-11-7-9-20-8-5-6-10-22(20)24/h5-15,23H,3-4,16-18H2,1-2H3,(H,28,31)/t23-/m0/s1. The molecule has 0 aliphatic heterocycles. The number of fused-ring (bicyclic) bond motifs is 1. The molecule has 0 aliphatic carbocycles. The third-order valence-corrected chi connectivity index (χ3v) is 5.55. The van der Waals surface area contributed by atoms with Crippen molar-refractivity contribution in [2.75, 3.05) is 13.2 Å². The lowest BCUT2D eigenvalue weighted by Gasteiger charge is -2.30. The zero-order valence-electron chi connectivity index (χ0n) is 18.5. The maximum Gasteiger partial charge on any atom is 0.261 e. The number of carbonyl (C=O) groups excluding carboxylic acids is 2. The molecule has 0 unspecified atom stereocenters. The van der Waals surface area contributed by atoms with Crippen molar-refractivity contribution >= 4 is 34.2 Å². The van der Waals surface area contributed by atoms with Gasteiger partial charge in [-0.05, 0) is 42.0 Å². The van der Waals surface area contributed by atoms with Crippen LogP contribution in [-0.2, 0) is 16.1 Å². The average molecular weight is 453 g/mol. The van der Waals surface area contributed by atoms with Crippen LogP contribution in [0.4, 0.5) is 0 Å². The highest BCUT2D eigenvalue weighted by Crippen LogP contribution is 2.25. The molecular formula is C26H29ClN2O3. The van der Waals surface area contributed by atoms with Crippen molar-refractivity contribution in [1.29, 1.82) is 0 Å². The molecule has 0 saturated carbocycles. The molecule has 0 bridgehead atoms. The molecule has 3 rings (SSSR count). The number of nitrogens with zero attached hydrogens (tertiary/aromatic N) is 1. The van der Waals surface area contributed by atoms with Gasteiger partial charge in [-0.3, -0.25) is 9.59 Å². The van der Waals surface area contributed by atoms with Crippen LogP contribution in [0.15, 0.2) is 66.7 Å². The number of ether oxygens (including phenoxy) is 1. The minimum absolute atomic E-state index is 0.151. The number of hydrogen-bond donors (Lipinski definition) is 1. The molecule has 0 saturated heterocycles. The van der Waals surface area contributed by atoms with Gasteiger partial charge in [-0.15, -0.1) is 0 Å². The fourth-order valence-electron chi connectivity index (χ4n) is 3.62. The minimum Gasteiger partial charge on any atom is -0.483 e. The van der Waals surface area contributed by atoms with Gasteiger partial charge in [0.15, 0.2) is 6.61 Å². The number of benzene rings is 3. The zero-order chi connectivity index (χ0) is 22.9. The van der Waals surface area contributed by atoms with Crippen molar-refractivity contribution in [3.05, 3.63) is 77.3 Å². The first-order valence-corrected chi connectivity index (χ1v) is 11.3. The predicted octanol–water partition coefficient (Wildman–Crippen LogP) is 5.21. The summed E-state index contributed by atoms with van der Waals surface area (Å²) in [5.41, 5.74) is 0.898. The maximum atomic E-state index is 13.3. The lowest BCUT2D eigenvalue weighted by Crippen LogP contribution is -2.50. The summed E-state index contributed by atoms with van der Waals surface area (Å²) in [6.07, 6.45) is 1.33. The van der Waals surface area contributed by atoms with Crippen LogP contribution < -0.4 is 10.1 Å². The summed E-state index contributed by atoms with van der Waals surface area (Å²) in [4.78, 5) is 27.7. The van der Waals surface area contributed by atoms with Gasteiger partial charge in [0.05, 0.1) is 0 Å². The summed E-state index contributed by atoms with van der Waals surface area (Å²) in [5, 5.41) is 5.53. The average Bonchev–Trinajstić information content (AvgIpc) is 2.82. The molecule has 0 radical (unpaired) electrons. The first-order chi connectivity index (χ1) is 15.5. The first kappa shape index (κ1) is 23.6. The van der Waals surface area contributed by atoms with Crippen molar-refractivity contribution in [1.82, 2.24) is 10.2 Å². The van der Waals surface area contributed by atoms with Gasteiger partial charge < -0.3 is 15.0 Å². The molecule has 0 fully saturated rings. The Labute approximate surface area is 194 Å². The van der Waals surface area contributed by atoms with Gasteiger partial charge >= 0.3 is 0 Å². The molecule has 3 aromatic rings. The molecule has 1 atom stereocenters. The van der Waals surface area contributed by atoms with Crippen molar-refractivity contribution in [2.45, 2.75) is 39.3 Å². The van der Waals surface area contributed by atoms with Crippen molar-refractivity contribution in [2.24, 2.45) is 0 Å². The van der Waals surface area contributed by atoms with Crippen LogP contribution in [0.25, 0.3) is 10.8 Å². The SMILES string of the molecule is CCCNC(=O)[C@H](CC)N(Cc1ccc(Cl)cc1)C(=O)COc1cccc2ccccc12. The van der Waals surface area contributed by atoms with E-state index in [1.54, 1.807) is 17.0 Å². The molecule has 6 heteroatoms. The summed E-state index contributed by atoms with van der Waals surface area (Å²) >= 11 is 6.01. The normalized spacial score (nSPS) is 11.7. The van der Waals surface area contributed by atoms with Crippen LogP contribution in [0, 0.1) is 0 Å². The van der Waals surface area contributed by atoms with Crippen LogP contribution in [0.3, 0.4) is 0 Å². The number of carbonyl (C=O) groups is 2. The van der Waals surface area contributed by atoms with E-state index in [1.165, 1.54) is 0 Å². The highest BCUT2D eigenvalue weighted by molar-refractivity contribution is 6.30. The Balaban J connectivity index is 1.81. The summed E-state index contributed by atoms with van der Waals surface area (Å²) in [5.74, 6) is 0.250. The Morgan fingerprint density at radius 3 is 2.44 bits per heavy atom. The second kappa shape index (κ2) is 11.5. The van der Waals surface area contributed by atoms with Crippen LogP contribution in [0.5, 0.6) is 5.75 Å². The second-order valence-corrected chi connectivity index (χ2v) is 8.07. The van der Waals surface area contributed by atoms with E-state index in [4.69, 9.17) is 16.3 Å². The predicted molar refractivity (Wildman–Crippen MR) is 129 cm³/mol. The molecule has 0 spiro atoms. The van der Waals surface area contributed by atoms with Gasteiger partial charge in [0.25, 0.3) is 5.91 Å². The second-order valence-electron chi connectivity index (χ2n) is 7.63. The molecule has 0 aliphatic rings. The number of hydrogen-bond acceptors (Lipinski definition) is 3. The van der Waals surface area contributed by atoms with Crippen LogP contribution in [-0.4, -0.2) is 35.9 Å². The lowest BCUT2D eigenvalue weighted by molar-refractivity contribution is -0.142. The van der Waals surface area contributed by atoms with Gasteiger partial charge in [0, 0.05) is 23.5 Å². The largest absolute Gasteiger partial charge is 0.483 e. The Kier molecular flexibility index (Phi) is 8.51. The molecule has 168 valence electrons. The van der Waals surface area contributed by atoms with E-state index in [0.717, 1.165) is 22.8 Å². The van der Waals surface area contributed by atoms with E-state index in [2.05, 4.69) is 5.32 Å². The smallest absolute Gasteiger partial charge is 0.261 e. The Morgan fingerprint density at radius 1 is 1.00 bits per heavy atom. The Bertz CT molecular complexity index is 1050. The highest BCUT2D eigenvalue weighted by Gasteiger charge is 2.28. The zero-order valence-corrected chi connectivity index (χ0v) is 19.3. The number of rotatable bonds is 10. The molecule has 5 nitrogen and oxygen atoms in total. The van der Waals surface area contributed by atoms with Gasteiger partial charge in [-0.1, -0.05) is 74.0 Å². The van der Waals surface area contributed by atoms with Gasteiger partial charge in [0.2, 0.25) is 5.91 Å². The fraction of sp³-hybridized carbons (Fsp3) is 0.308. The number of nitrogens with one attached hydrogen (secondary N) is 1. The van der Waals surface area contributed by atoms with E-state index in [-0.39, 0.29) is 18.4 Å². The topological polar surface area (TPSA) is 58.6 Å². The fourth-order valence-corrected chi connectivity index (χ4v) is 3.74. The first-order valence-electron chi connectivity index (χ1n) is 11.0. The lowest BCUT2D eigenvalue weighted by atomic mass is 10.1. The summed E-state index contributed by atoms with van der Waals surface area (Å²) in [7, 11) is 0. The van der Waals surface area contributed by atoms with Gasteiger partial charge in [0.1, 0.15) is 11.8 Å². The molecule has 3 aromatic carbocycles. The van der Waals surface area contributed by atoms with Crippen molar-refractivity contribution < 1.29 is 14.3 Å². The van der Waals surface area contributed by atoms with Crippen LogP contribution in [0.2, 0.25) is 5.02 Å². The third kappa shape index (κ3) is 6.01. The monoisotopic (exact) mass is 452 g/mol. The number of amides is 2. The van der Waals surface area contributed by atoms with Gasteiger partial charge in [-0.25, -0.2) is 0 Å². The van der Waals surface area contributed by atoms with E-state index in [0.29, 0.717) is 30.3 Å². The van der Waals surface area contributed by atoms with Crippen molar-refractivity contribution in [3.8, 4) is 5.75 Å². The molecule has 32 heavy (non-hydrogen) atoms. The summed E-state index contributed by atoms with van der Waals surface area (Å²) in [6, 6.07) is 20.3. The quantitative estimate of drug-likeness (QED) is 0.459. The van der Waals surface area contributed by atoms with Crippen LogP contribution in [0.1, 0.15) is 32.3 Å². The summed E-state index contributed by atoms with van der Waals surface area (Å²) in [6.45, 7) is 4.62. The van der Waals surface area contributed by atoms with E-state index >= 15 is 0 Å². The van der Waals surface area contributed by atoms with E-state index in [1.807, 2.05) is 68.4 Å². The molecule has 2 amide bonds. The molecule has 0 heterocycles. The molecular weight excluding hydrogens is 424 g/mol. The van der Waals surface area contributed by atoms with Crippen molar-refractivity contribution in [3.63, 3.8) is 0 Å². The minimum atomic E-state index is -0.583.